The molecule has 1 heterocycles. The monoisotopic (exact) mass is 257 g/mol. The van der Waals surface area contributed by atoms with Gasteiger partial charge in [0.2, 0.25) is 5.91 Å². The lowest BCUT2D eigenvalue weighted by atomic mass is 10.0. The molecule has 18 heavy (non-hydrogen) atoms. The molecule has 1 saturated heterocycles. The molecule has 0 aromatic carbocycles. The van der Waals surface area contributed by atoms with E-state index in [1.807, 2.05) is 0 Å². The van der Waals surface area contributed by atoms with Gasteiger partial charge in [-0.2, -0.15) is 0 Å². The minimum Gasteiger partial charge on any atom is -0.380 e. The summed E-state index contributed by atoms with van der Waals surface area (Å²) >= 11 is 0. The molecule has 0 bridgehead atoms. The van der Waals surface area contributed by atoms with Crippen molar-refractivity contribution in [2.45, 2.75) is 44.8 Å². The molecule has 1 aliphatic rings. The molecule has 0 aromatic heterocycles. The Morgan fingerprint density at radius 2 is 2.39 bits per heavy atom. The molecular formula is C13H27N3O2. The fourth-order valence-corrected chi connectivity index (χ4v) is 2.40. The number of amides is 1. The van der Waals surface area contributed by atoms with Crippen molar-refractivity contribution in [3.63, 3.8) is 0 Å². The van der Waals surface area contributed by atoms with Crippen LogP contribution in [-0.4, -0.2) is 56.2 Å². The molecule has 106 valence electrons. The minimum absolute atomic E-state index is 0.104. The maximum Gasteiger partial charge on any atom is 0.221 e. The van der Waals surface area contributed by atoms with Crippen molar-refractivity contribution < 1.29 is 9.53 Å². The fraction of sp³-hybridized carbons (Fsp3) is 0.923. The summed E-state index contributed by atoms with van der Waals surface area (Å²) in [6.45, 7) is 5.23. The van der Waals surface area contributed by atoms with Gasteiger partial charge >= 0.3 is 0 Å². The van der Waals surface area contributed by atoms with E-state index in [-0.39, 0.29) is 18.1 Å². The third-order valence-electron chi connectivity index (χ3n) is 3.52. The Kier molecular flexibility index (Phi) is 7.23. The van der Waals surface area contributed by atoms with Crippen LogP contribution in [0, 0.1) is 0 Å². The van der Waals surface area contributed by atoms with Gasteiger partial charge in [0.1, 0.15) is 0 Å². The summed E-state index contributed by atoms with van der Waals surface area (Å²) < 4.78 is 5.40. The molecule has 5 nitrogen and oxygen atoms in total. The van der Waals surface area contributed by atoms with E-state index in [0.29, 0.717) is 13.0 Å². The van der Waals surface area contributed by atoms with Crippen LogP contribution in [0.25, 0.3) is 0 Å². The van der Waals surface area contributed by atoms with Gasteiger partial charge in [-0.05, 0) is 25.8 Å². The van der Waals surface area contributed by atoms with Crippen molar-refractivity contribution in [2.75, 3.05) is 33.3 Å². The fourth-order valence-electron chi connectivity index (χ4n) is 2.40. The lowest BCUT2D eigenvalue weighted by Crippen LogP contribution is -2.50. The van der Waals surface area contributed by atoms with E-state index in [1.165, 1.54) is 0 Å². The summed E-state index contributed by atoms with van der Waals surface area (Å²) in [5, 5.41) is 2.91. The van der Waals surface area contributed by atoms with E-state index in [0.717, 1.165) is 38.9 Å². The normalized spacial score (nSPS) is 22.7. The zero-order valence-corrected chi connectivity index (χ0v) is 11.7. The molecule has 1 amide bonds. The van der Waals surface area contributed by atoms with Gasteiger partial charge in [-0.15, -0.1) is 0 Å². The Labute approximate surface area is 110 Å². The highest BCUT2D eigenvalue weighted by atomic mass is 16.5. The highest BCUT2D eigenvalue weighted by molar-refractivity contribution is 5.76. The van der Waals surface area contributed by atoms with Gasteiger partial charge in [-0.1, -0.05) is 6.92 Å². The number of nitrogens with two attached hydrogens (primary N) is 1. The zero-order valence-electron chi connectivity index (χ0n) is 11.7. The summed E-state index contributed by atoms with van der Waals surface area (Å²) in [4.78, 5) is 14.0. The summed E-state index contributed by atoms with van der Waals surface area (Å²) in [6.07, 6.45) is 3.96. The Morgan fingerprint density at radius 1 is 1.61 bits per heavy atom. The molecule has 5 heteroatoms. The van der Waals surface area contributed by atoms with Gasteiger partial charge in [0.15, 0.2) is 0 Å². The largest absolute Gasteiger partial charge is 0.380 e. The minimum atomic E-state index is 0.104. The highest BCUT2D eigenvalue weighted by Crippen LogP contribution is 2.16. The van der Waals surface area contributed by atoms with Gasteiger partial charge in [-0.3, -0.25) is 9.69 Å². The van der Waals surface area contributed by atoms with Crippen LogP contribution < -0.4 is 11.1 Å². The number of likely N-dealkylation sites (tertiary alicyclic amines) is 1. The number of carbonyl (C=O) groups is 1. The third-order valence-corrected chi connectivity index (χ3v) is 3.52. The average molecular weight is 257 g/mol. The highest BCUT2D eigenvalue weighted by Gasteiger charge is 2.26. The van der Waals surface area contributed by atoms with Crippen LogP contribution in [0.1, 0.15) is 32.6 Å². The first-order valence-corrected chi connectivity index (χ1v) is 6.94. The quantitative estimate of drug-likeness (QED) is 0.690. The average Bonchev–Trinajstić information content (AvgIpc) is 2.42. The van der Waals surface area contributed by atoms with Crippen LogP contribution >= 0.6 is 0 Å². The van der Waals surface area contributed by atoms with Crippen LogP contribution in [0.2, 0.25) is 0 Å². The number of methoxy groups -OCH3 is 1. The second kappa shape index (κ2) is 8.45. The molecule has 0 spiro atoms. The van der Waals surface area contributed by atoms with Gasteiger partial charge in [0.25, 0.3) is 0 Å². The van der Waals surface area contributed by atoms with Crippen molar-refractivity contribution in [3.05, 3.63) is 0 Å². The van der Waals surface area contributed by atoms with Crippen molar-refractivity contribution >= 4 is 5.91 Å². The van der Waals surface area contributed by atoms with Crippen LogP contribution in [0.4, 0.5) is 0 Å². The predicted molar refractivity (Wildman–Crippen MR) is 72.4 cm³/mol. The molecule has 1 rings (SSSR count). The second-order valence-electron chi connectivity index (χ2n) is 4.94. The van der Waals surface area contributed by atoms with E-state index in [9.17, 15) is 4.79 Å². The first kappa shape index (κ1) is 15.4. The number of nitrogens with zero attached hydrogens (tertiary/aromatic N) is 1. The smallest absolute Gasteiger partial charge is 0.221 e. The molecule has 0 radical (unpaired) electrons. The van der Waals surface area contributed by atoms with Crippen molar-refractivity contribution in [1.82, 2.24) is 10.2 Å². The zero-order chi connectivity index (χ0) is 13.4. The van der Waals surface area contributed by atoms with Crippen LogP contribution in [-0.2, 0) is 9.53 Å². The lowest BCUT2D eigenvalue weighted by molar-refractivity contribution is -0.122. The number of carbonyl (C=O) groups excluding carboxylic acids is 1. The van der Waals surface area contributed by atoms with E-state index in [2.05, 4.69) is 17.1 Å². The van der Waals surface area contributed by atoms with Crippen LogP contribution in [0.15, 0.2) is 0 Å². The Balaban J connectivity index is 2.41. The summed E-state index contributed by atoms with van der Waals surface area (Å²) in [5.74, 6) is 0.104. The topological polar surface area (TPSA) is 67.6 Å². The van der Waals surface area contributed by atoms with E-state index >= 15 is 0 Å². The first-order valence-electron chi connectivity index (χ1n) is 6.94. The number of ether oxygens (including phenoxy) is 1. The van der Waals surface area contributed by atoms with Gasteiger partial charge < -0.3 is 15.8 Å². The standard InChI is InChI=1S/C13H27N3O2/c1-3-6-15-13(17)8-11(9-14)16-7-4-5-12(10-16)18-2/h11-12H,3-10,14H2,1-2H3,(H,15,17). The van der Waals surface area contributed by atoms with E-state index < -0.39 is 0 Å². The number of piperidine rings is 1. The van der Waals surface area contributed by atoms with Crippen molar-refractivity contribution in [2.24, 2.45) is 5.73 Å². The Hall–Kier alpha value is -0.650. The van der Waals surface area contributed by atoms with Gasteiger partial charge in [-0.25, -0.2) is 0 Å². The maximum atomic E-state index is 11.7. The third kappa shape index (κ3) is 4.92. The van der Waals surface area contributed by atoms with Gasteiger partial charge in [0.05, 0.1) is 6.10 Å². The molecule has 0 aliphatic carbocycles. The van der Waals surface area contributed by atoms with Gasteiger partial charge in [0, 0.05) is 39.2 Å². The second-order valence-corrected chi connectivity index (χ2v) is 4.94. The maximum absolute atomic E-state index is 11.7. The molecule has 3 N–H and O–H groups in total. The number of rotatable bonds is 7. The Morgan fingerprint density at radius 3 is 3.00 bits per heavy atom. The molecule has 0 aromatic rings. The van der Waals surface area contributed by atoms with E-state index in [4.69, 9.17) is 10.5 Å². The lowest BCUT2D eigenvalue weighted by Gasteiger charge is -2.37. The summed E-state index contributed by atoms with van der Waals surface area (Å²) in [6, 6.07) is 0.139. The summed E-state index contributed by atoms with van der Waals surface area (Å²) in [7, 11) is 1.75. The molecule has 2 unspecified atom stereocenters. The SMILES string of the molecule is CCCNC(=O)CC(CN)N1CCCC(OC)C1. The van der Waals surface area contributed by atoms with Crippen molar-refractivity contribution in [1.29, 1.82) is 0 Å². The number of hydrogen-bond donors (Lipinski definition) is 2. The molecular weight excluding hydrogens is 230 g/mol. The number of hydrogen-bond acceptors (Lipinski definition) is 4. The molecule has 2 atom stereocenters. The first-order chi connectivity index (χ1) is 8.71. The van der Waals surface area contributed by atoms with E-state index in [1.54, 1.807) is 7.11 Å². The Bertz CT molecular complexity index is 248. The van der Waals surface area contributed by atoms with Crippen molar-refractivity contribution in [3.8, 4) is 0 Å². The van der Waals surface area contributed by atoms with Crippen LogP contribution in [0.5, 0.6) is 0 Å². The number of nitrogens with one attached hydrogen (secondary N) is 1. The predicted octanol–water partition coefficient (Wildman–Crippen LogP) is 0.341. The molecule has 1 fully saturated rings. The summed E-state index contributed by atoms with van der Waals surface area (Å²) in [5.41, 5.74) is 5.80. The van der Waals surface area contributed by atoms with Crippen LogP contribution in [0.3, 0.4) is 0 Å². The molecule has 0 saturated carbocycles. The molecule has 1 aliphatic heterocycles.